The number of hydrogen-bond acceptors (Lipinski definition) is 15. The zero-order valence-electron chi connectivity index (χ0n) is 36.3. The summed E-state index contributed by atoms with van der Waals surface area (Å²) >= 11 is 0. The second kappa shape index (κ2) is 20.0. The van der Waals surface area contributed by atoms with Gasteiger partial charge < -0.3 is 60.0 Å². The quantitative estimate of drug-likeness (QED) is 0.0782. The predicted octanol–water partition coefficient (Wildman–Crippen LogP) is 4.82. The first-order chi connectivity index (χ1) is 32.8. The Kier molecular flexibility index (Phi) is 13.9. The molecule has 1 amide bonds. The van der Waals surface area contributed by atoms with Crippen LogP contribution in [0.3, 0.4) is 0 Å². The van der Waals surface area contributed by atoms with Gasteiger partial charge in [0.25, 0.3) is 5.91 Å². The molecule has 4 heterocycles. The normalized spacial score (nSPS) is 29.9. The Morgan fingerprint density at radius 1 is 1.01 bits per heavy atom. The Labute approximate surface area is 397 Å². The summed E-state index contributed by atoms with van der Waals surface area (Å²) in [6.45, 7) is 0.0510. The van der Waals surface area contributed by atoms with E-state index in [9.17, 15) is 45.0 Å². The lowest BCUT2D eigenvalue weighted by Crippen LogP contribution is -2.75. The first-order valence-electron chi connectivity index (χ1n) is 22.0. The first kappa shape index (κ1) is 47.2. The van der Waals surface area contributed by atoms with E-state index in [1.807, 2.05) is 30.6 Å². The minimum Gasteiger partial charge on any atom is -0.508 e. The number of nitrogens with one attached hydrogen (secondary N) is 2. The van der Waals surface area contributed by atoms with Gasteiger partial charge in [0.1, 0.15) is 47.6 Å². The van der Waals surface area contributed by atoms with Gasteiger partial charge >= 0.3 is 5.97 Å². The second-order valence-electron chi connectivity index (χ2n) is 17.2. The number of allylic oxidation sites excluding steroid dienone is 4. The van der Waals surface area contributed by atoms with Crippen molar-refractivity contribution in [2.24, 2.45) is 17.6 Å². The summed E-state index contributed by atoms with van der Waals surface area (Å²) in [5.74, 6) is 2.72. The van der Waals surface area contributed by atoms with Gasteiger partial charge in [0.15, 0.2) is 11.7 Å². The monoisotopic (exact) mass is 963 g/mol. The van der Waals surface area contributed by atoms with Gasteiger partial charge in [-0.05, 0) is 88.8 Å². The van der Waals surface area contributed by atoms with E-state index < -0.39 is 65.6 Å². The molecule has 16 nitrogen and oxygen atoms in total. The Morgan fingerprint density at radius 2 is 1.82 bits per heavy atom. The van der Waals surface area contributed by atoms with Crippen LogP contribution in [0.4, 0.5) is 0 Å². The van der Waals surface area contributed by atoms with Crippen molar-refractivity contribution in [1.29, 1.82) is 0 Å². The Hall–Kier alpha value is -5.85. The summed E-state index contributed by atoms with van der Waals surface area (Å²) < 4.78 is 24.0. The molecule has 5 aromatic rings. The smallest absolute Gasteiger partial charge is 0.335 e. The molecule has 3 aliphatic carbocycles. The highest BCUT2D eigenvalue weighted by Crippen LogP contribution is 2.44. The van der Waals surface area contributed by atoms with Crippen molar-refractivity contribution in [2.75, 3.05) is 18.2 Å². The summed E-state index contributed by atoms with van der Waals surface area (Å²) in [6.07, 6.45) is 0.736. The zero-order chi connectivity index (χ0) is 47.7. The number of amides is 1. The van der Waals surface area contributed by atoms with Crippen LogP contribution in [0.5, 0.6) is 11.5 Å². The number of aliphatic hydroxyl groups excluding tert-OH is 3. The summed E-state index contributed by atoms with van der Waals surface area (Å²) in [6, 6.07) is 19.5. The molecule has 2 fully saturated rings. The Bertz CT molecular complexity index is 2860. The topological polar surface area (TPSA) is 267 Å². The number of carboxylic acid groups (broad SMARTS) is 1. The minimum absolute atomic E-state index is 0.00604. The molecule has 5 aliphatic rings. The van der Waals surface area contributed by atoms with Gasteiger partial charge in [0.05, 0.1) is 10.9 Å². The van der Waals surface area contributed by atoms with Crippen LogP contribution in [0.1, 0.15) is 58.3 Å². The number of fused-ring (bicyclic) bond motifs is 8. The number of aliphatic hydroxyl groups is 4. The van der Waals surface area contributed by atoms with E-state index >= 15 is 0 Å². The number of carboxylic acids is 1. The molecule has 0 saturated carbocycles. The molecule has 2 bridgehead atoms. The number of aromatic nitrogens is 1. The van der Waals surface area contributed by atoms with Gasteiger partial charge in [0, 0.05) is 43.1 Å². The van der Waals surface area contributed by atoms with Crippen LogP contribution in [0, 0.1) is 23.7 Å². The van der Waals surface area contributed by atoms with Crippen LogP contribution < -0.4 is 21.2 Å². The van der Waals surface area contributed by atoms with Crippen molar-refractivity contribution in [1.82, 2.24) is 10.3 Å². The van der Waals surface area contributed by atoms with Crippen molar-refractivity contribution in [3.05, 3.63) is 136 Å². The molecule has 10 rings (SSSR count). The average molecular weight is 964 g/mol. The number of H-pyrrole nitrogens is 1. The van der Waals surface area contributed by atoms with Crippen LogP contribution in [0.15, 0.2) is 113 Å². The number of phenolic OH excluding ortho intramolecular Hbond substituents is 1. The van der Waals surface area contributed by atoms with E-state index in [1.165, 1.54) is 64.1 Å². The lowest BCUT2D eigenvalue weighted by atomic mass is 9.75. The number of hydrogen-bond donors (Lipinski definition) is 9. The summed E-state index contributed by atoms with van der Waals surface area (Å²) in [5, 5.41) is 71.0. The molecule has 0 spiro atoms. The maximum Gasteiger partial charge on any atom is 0.335 e. The zero-order valence-corrected chi connectivity index (χ0v) is 37.9. The van der Waals surface area contributed by atoms with Crippen molar-refractivity contribution in [2.45, 2.75) is 73.6 Å². The molecule has 2 aliphatic heterocycles. The van der Waals surface area contributed by atoms with Crippen molar-refractivity contribution in [3.8, 4) is 34.5 Å². The number of phenols is 1. The van der Waals surface area contributed by atoms with E-state index in [-0.39, 0.29) is 69.8 Å². The molecule has 11 atom stereocenters. The molecule has 354 valence electrons. The number of aromatic amines is 1. The summed E-state index contributed by atoms with van der Waals surface area (Å²) in [5.41, 5.74) is 6.46. The van der Waals surface area contributed by atoms with Gasteiger partial charge in [-0.15, -0.1) is 5.92 Å². The maximum atomic E-state index is 13.9. The van der Waals surface area contributed by atoms with Crippen molar-refractivity contribution in [3.63, 3.8) is 0 Å². The van der Waals surface area contributed by atoms with Crippen LogP contribution in [0.2, 0.25) is 0 Å². The summed E-state index contributed by atoms with van der Waals surface area (Å²) in [7, 11) is 2.76. The van der Waals surface area contributed by atoms with Gasteiger partial charge in [-0.25, -0.2) is 4.79 Å². The molecule has 0 radical (unpaired) electrons. The number of carbonyl (C=O) groups is 2. The fourth-order valence-electron chi connectivity index (χ4n) is 9.68. The molecule has 2 aromatic heterocycles. The van der Waals surface area contributed by atoms with E-state index in [1.54, 1.807) is 0 Å². The van der Waals surface area contributed by atoms with Gasteiger partial charge in [0.2, 0.25) is 17.5 Å². The highest BCUT2D eigenvalue weighted by Gasteiger charge is 2.63. The van der Waals surface area contributed by atoms with E-state index in [0.29, 0.717) is 25.0 Å². The average Bonchev–Trinajstić information content (AvgIpc) is 3.86. The third-order valence-corrected chi connectivity index (χ3v) is 15.3. The fourth-order valence-corrected chi connectivity index (χ4v) is 11.7. The SMILES string of the molecule is NC(=O)c1oc2cc(O[C@@H]3O[C@H](C(=O)O)[C@@H](O)[C@@H]4OCSSC[C@@H](c5cc[nH]c5)[C@H]([C@@H]5CC#C[C@@H](O)C[C@@H]6C=CC(=CC5)c5ccccc56)CN[C@H](O)[C@]34O)ccc2c(=O)c1-c1ccc(O)cc1. The van der Waals surface area contributed by atoms with Crippen LogP contribution in [0.25, 0.3) is 27.7 Å². The van der Waals surface area contributed by atoms with Crippen LogP contribution in [-0.4, -0.2) is 108 Å². The molecule has 2 saturated heterocycles. The molecule has 0 unspecified atom stereocenters. The number of rotatable bonds is 7. The third kappa shape index (κ3) is 9.33. The molecular weight excluding hydrogens is 915 g/mol. The lowest BCUT2D eigenvalue weighted by molar-refractivity contribution is -0.342. The van der Waals surface area contributed by atoms with E-state index in [0.717, 1.165) is 22.3 Å². The number of carbonyl (C=O) groups excluding carboxylic acids is 1. The number of aromatic hydroxyl groups is 1. The summed E-state index contributed by atoms with van der Waals surface area (Å²) in [4.78, 5) is 42.3. The standard InChI is InChI=1S/C50H49N3O13S2/c51-46(58)43-40(28-12-14-31(54)15-13-28)41(56)36-17-16-33(21-39(36)65-43)64-49-50(62)45(42(57)44(66-49)47(59)60)63-25-68-67-24-38(30-18-19-52-22-30)37(23-53-48(50)61)26-4-3-5-32(55)20-29-11-10-27(9-8-26)34-6-1-2-7-35(29)34/h1-2,6-7,9-19,21-22,26,29,32,37-38,42,44-45,48-49,52-55,57,61-62H,4,8,20,23-25H2,(H2,51,58)(H,59,60)/t26-,29+,32-,37+,38+,42-,44+,45+,48-,49-,50+/m1/s1. The molecule has 68 heavy (non-hydrogen) atoms. The third-order valence-electron chi connectivity index (χ3n) is 13.2. The fraction of sp³-hybridized carbons (Fsp3) is 0.340. The lowest BCUT2D eigenvalue weighted by Gasteiger charge is -2.50. The number of aliphatic carboxylic acids is 1. The maximum absolute atomic E-state index is 13.9. The molecular formula is C50H49N3O13S2. The largest absolute Gasteiger partial charge is 0.508 e. The second-order valence-corrected chi connectivity index (χ2v) is 19.7. The van der Waals surface area contributed by atoms with Gasteiger partial charge in [-0.3, -0.25) is 14.9 Å². The van der Waals surface area contributed by atoms with Crippen LogP contribution in [-0.2, 0) is 14.3 Å². The number of ether oxygens (including phenoxy) is 3. The van der Waals surface area contributed by atoms with Gasteiger partial charge in [-0.1, -0.05) is 82.1 Å². The number of nitrogens with two attached hydrogens (primary N) is 1. The molecule has 18 heteroatoms. The Balaban J connectivity index is 1.08. The van der Waals surface area contributed by atoms with Gasteiger partial charge in [-0.2, -0.15) is 0 Å². The minimum atomic E-state index is -2.73. The van der Waals surface area contributed by atoms with Crippen molar-refractivity contribution < 1.29 is 58.9 Å². The predicted molar refractivity (Wildman–Crippen MR) is 254 cm³/mol. The Morgan fingerprint density at radius 3 is 2.59 bits per heavy atom. The van der Waals surface area contributed by atoms with E-state index in [4.69, 9.17) is 24.4 Å². The van der Waals surface area contributed by atoms with E-state index in [2.05, 4.69) is 52.5 Å². The molecule has 3 aromatic carbocycles. The molecule has 10 N–H and O–H groups in total. The van der Waals surface area contributed by atoms with Crippen LogP contribution >= 0.6 is 21.6 Å². The van der Waals surface area contributed by atoms with Crippen molar-refractivity contribution >= 4 is 50.0 Å². The number of benzene rings is 3. The number of primary amides is 1. The highest BCUT2D eigenvalue weighted by atomic mass is 33.1. The highest BCUT2D eigenvalue weighted by molar-refractivity contribution is 8.76. The first-order valence-corrected chi connectivity index (χ1v) is 24.5.